The lowest BCUT2D eigenvalue weighted by Gasteiger charge is -2.33. The fourth-order valence-corrected chi connectivity index (χ4v) is 6.66. The zero-order chi connectivity index (χ0) is 32.5. The zero-order valence-corrected chi connectivity index (χ0v) is 25.7. The van der Waals surface area contributed by atoms with Crippen LogP contribution in [0.2, 0.25) is 0 Å². The molecule has 0 bridgehead atoms. The lowest BCUT2D eigenvalue weighted by molar-refractivity contribution is -0.148. The lowest BCUT2D eigenvalue weighted by atomic mass is 9.89. The Hall–Kier alpha value is -5.00. The molecule has 3 aromatic heterocycles. The predicted octanol–water partition coefficient (Wildman–Crippen LogP) is 6.32. The Kier molecular flexibility index (Phi) is 8.25. The molecule has 5 heterocycles. The number of hydrogen-bond donors (Lipinski definition) is 1. The number of amides is 2. The number of carbonyl (C=O) groups excluding carboxylic acids is 2. The van der Waals surface area contributed by atoms with Crippen LogP contribution >= 0.6 is 0 Å². The van der Waals surface area contributed by atoms with Gasteiger partial charge in [-0.25, -0.2) is 4.52 Å². The number of aromatic nitrogens is 4. The summed E-state index contributed by atoms with van der Waals surface area (Å²) in [5.74, 6) is 0.245. The van der Waals surface area contributed by atoms with Crippen molar-refractivity contribution in [3.63, 3.8) is 0 Å². The monoisotopic (exact) mass is 641 g/mol. The summed E-state index contributed by atoms with van der Waals surface area (Å²) in [5, 5.41) is 7.78. The third-order valence-electron chi connectivity index (χ3n) is 9.15. The van der Waals surface area contributed by atoms with Crippen molar-refractivity contribution in [1.82, 2.24) is 29.4 Å². The number of rotatable bonds is 7. The Morgan fingerprint density at radius 3 is 2.64 bits per heavy atom. The zero-order valence-electron chi connectivity index (χ0n) is 25.7. The first kappa shape index (κ1) is 30.6. The number of benzene rings is 1. The van der Waals surface area contributed by atoms with Crippen LogP contribution in [0, 0.1) is 5.92 Å². The highest BCUT2D eigenvalue weighted by atomic mass is 19.4. The summed E-state index contributed by atoms with van der Waals surface area (Å²) in [5.41, 5.74) is 7.45. The molecule has 1 saturated heterocycles. The van der Waals surface area contributed by atoms with E-state index in [1.165, 1.54) is 16.0 Å². The van der Waals surface area contributed by atoms with Crippen LogP contribution in [0.25, 0.3) is 17.3 Å². The molecule has 0 radical (unpaired) electrons. The minimum absolute atomic E-state index is 0.0207. The number of hydrogen-bond acceptors (Lipinski definition) is 6. The summed E-state index contributed by atoms with van der Waals surface area (Å²) >= 11 is 0. The predicted molar refractivity (Wildman–Crippen MR) is 172 cm³/mol. The second-order valence-electron chi connectivity index (χ2n) is 12.3. The van der Waals surface area contributed by atoms with Gasteiger partial charge in [0, 0.05) is 68.2 Å². The number of halogens is 3. The summed E-state index contributed by atoms with van der Waals surface area (Å²) in [6, 6.07) is 15.2. The summed E-state index contributed by atoms with van der Waals surface area (Å²) in [6.07, 6.45) is 5.12. The minimum Gasteiger partial charge on any atom is -0.339 e. The van der Waals surface area contributed by atoms with Crippen molar-refractivity contribution in [3.05, 3.63) is 95.0 Å². The van der Waals surface area contributed by atoms with E-state index in [9.17, 15) is 22.8 Å². The van der Waals surface area contributed by atoms with Crippen LogP contribution in [-0.2, 0) is 11.2 Å². The van der Waals surface area contributed by atoms with E-state index in [4.69, 9.17) is 4.98 Å². The van der Waals surface area contributed by atoms with E-state index in [-0.39, 0.29) is 12.5 Å². The smallest absolute Gasteiger partial charge is 0.339 e. The quantitative estimate of drug-likeness (QED) is 0.254. The van der Waals surface area contributed by atoms with Crippen molar-refractivity contribution < 1.29 is 22.8 Å². The van der Waals surface area contributed by atoms with E-state index in [0.717, 1.165) is 48.3 Å². The second-order valence-corrected chi connectivity index (χ2v) is 12.3. The summed E-state index contributed by atoms with van der Waals surface area (Å²) < 4.78 is 39.3. The van der Waals surface area contributed by atoms with Gasteiger partial charge in [-0.2, -0.15) is 18.2 Å². The van der Waals surface area contributed by atoms with Gasteiger partial charge in [-0.15, -0.1) is 5.10 Å². The molecule has 47 heavy (non-hydrogen) atoms. The highest BCUT2D eigenvalue weighted by Crippen LogP contribution is 2.34. The van der Waals surface area contributed by atoms with E-state index in [0.29, 0.717) is 42.6 Å². The van der Waals surface area contributed by atoms with Crippen LogP contribution in [0.15, 0.2) is 72.6 Å². The number of nitrogens with one attached hydrogen (secondary N) is 1. The number of carbonyl (C=O) groups is 2. The van der Waals surface area contributed by atoms with Gasteiger partial charge in [-0.1, -0.05) is 23.8 Å². The number of pyridine rings is 2. The molecule has 1 aliphatic carbocycles. The molecule has 1 N–H and O–H groups in total. The number of likely N-dealkylation sites (tertiary alicyclic amines) is 1. The highest BCUT2D eigenvalue weighted by Gasteiger charge is 2.31. The molecule has 2 aliphatic heterocycles. The normalized spacial score (nSPS) is 18.1. The average Bonchev–Trinajstić information content (AvgIpc) is 3.71. The Morgan fingerprint density at radius 1 is 1.02 bits per heavy atom. The SMILES string of the molecule is O=C(CCC(F)(F)F)N1CC=C(c2cccn3nc(Nc4ccc(C(=O)N5CCCC(C6=Cc7cccnc7C6)C5)cc4)nc23)CC1. The maximum Gasteiger partial charge on any atom is 0.389 e. The first-order valence-electron chi connectivity index (χ1n) is 15.9. The molecular weight excluding hydrogens is 607 g/mol. The molecule has 1 atom stereocenters. The molecule has 0 saturated carbocycles. The van der Waals surface area contributed by atoms with Gasteiger partial charge in [-0.3, -0.25) is 14.6 Å². The molecule has 242 valence electrons. The van der Waals surface area contributed by atoms with Crippen LogP contribution in [0.3, 0.4) is 0 Å². The third-order valence-corrected chi connectivity index (χ3v) is 9.15. The van der Waals surface area contributed by atoms with E-state index < -0.39 is 24.9 Å². The van der Waals surface area contributed by atoms with Crippen molar-refractivity contribution in [2.24, 2.45) is 5.92 Å². The maximum absolute atomic E-state index is 13.5. The standard InChI is InChI=1S/C35H34F3N7O2/c36-35(37,38)14-11-31(46)43-18-12-23(13-19-43)29-6-3-17-45-32(29)41-34(42-45)40-28-9-7-24(8-10-28)33(47)44-16-2-5-26(22-44)27-20-25-4-1-15-39-30(25)21-27/h1,3-4,6-10,12,15,17,20,26H,2,5,11,13-14,16,18-19,21-22H2,(H,40,42). The molecule has 1 fully saturated rings. The molecule has 9 nitrogen and oxygen atoms in total. The lowest BCUT2D eigenvalue weighted by Crippen LogP contribution is -2.40. The van der Waals surface area contributed by atoms with Crippen LogP contribution in [0.4, 0.5) is 24.8 Å². The first-order chi connectivity index (χ1) is 22.7. The highest BCUT2D eigenvalue weighted by molar-refractivity contribution is 5.94. The summed E-state index contributed by atoms with van der Waals surface area (Å²) in [7, 11) is 0. The first-order valence-corrected chi connectivity index (χ1v) is 15.9. The van der Waals surface area contributed by atoms with Gasteiger partial charge in [0.15, 0.2) is 5.65 Å². The Morgan fingerprint density at radius 2 is 1.87 bits per heavy atom. The molecule has 1 unspecified atom stereocenters. The van der Waals surface area contributed by atoms with Crippen molar-refractivity contribution >= 4 is 40.7 Å². The molecule has 1 aromatic carbocycles. The van der Waals surface area contributed by atoms with Gasteiger partial charge in [-0.05, 0) is 78.8 Å². The van der Waals surface area contributed by atoms with Gasteiger partial charge in [0.05, 0.1) is 12.1 Å². The van der Waals surface area contributed by atoms with E-state index >= 15 is 0 Å². The van der Waals surface area contributed by atoms with E-state index in [1.54, 1.807) is 10.7 Å². The van der Waals surface area contributed by atoms with Crippen LogP contribution in [-0.4, -0.2) is 73.6 Å². The molecule has 7 rings (SSSR count). The number of piperidine rings is 1. The van der Waals surface area contributed by atoms with Crippen molar-refractivity contribution in [2.75, 3.05) is 31.5 Å². The fourth-order valence-electron chi connectivity index (χ4n) is 6.66. The number of alkyl halides is 3. The molecule has 2 amide bonds. The van der Waals surface area contributed by atoms with E-state index in [1.807, 2.05) is 59.6 Å². The van der Waals surface area contributed by atoms with Crippen molar-refractivity contribution in [2.45, 2.75) is 44.7 Å². The summed E-state index contributed by atoms with van der Waals surface area (Å²) in [4.78, 5) is 38.3. The van der Waals surface area contributed by atoms with E-state index in [2.05, 4.69) is 27.5 Å². The number of anilines is 2. The van der Waals surface area contributed by atoms with Gasteiger partial charge in [0.25, 0.3) is 5.91 Å². The third kappa shape index (κ3) is 6.77. The maximum atomic E-state index is 13.5. The largest absolute Gasteiger partial charge is 0.389 e. The topological polar surface area (TPSA) is 95.7 Å². The Labute approximate surface area is 269 Å². The summed E-state index contributed by atoms with van der Waals surface area (Å²) in [6.45, 7) is 2.04. The van der Waals surface area contributed by atoms with Crippen molar-refractivity contribution in [3.8, 4) is 0 Å². The Bertz CT molecular complexity index is 1880. The van der Waals surface area contributed by atoms with Gasteiger partial charge in [0.2, 0.25) is 11.9 Å². The minimum atomic E-state index is -4.35. The van der Waals surface area contributed by atoms with Gasteiger partial charge in [0.1, 0.15) is 0 Å². The average molecular weight is 642 g/mol. The van der Waals surface area contributed by atoms with Crippen LogP contribution in [0.5, 0.6) is 0 Å². The number of fused-ring (bicyclic) bond motifs is 2. The van der Waals surface area contributed by atoms with Gasteiger partial charge >= 0.3 is 6.18 Å². The van der Waals surface area contributed by atoms with Crippen LogP contribution in [0.1, 0.15) is 59.3 Å². The Balaban J connectivity index is 0.984. The molecular formula is C35H34F3N7O2. The molecule has 4 aromatic rings. The molecule has 3 aliphatic rings. The number of nitrogens with zero attached hydrogens (tertiary/aromatic N) is 6. The van der Waals surface area contributed by atoms with Gasteiger partial charge < -0.3 is 15.1 Å². The fraction of sp³-hybridized carbons (Fsp3) is 0.343. The van der Waals surface area contributed by atoms with Crippen molar-refractivity contribution in [1.29, 1.82) is 0 Å². The molecule has 0 spiro atoms. The molecule has 12 heteroatoms. The van der Waals surface area contributed by atoms with Crippen LogP contribution < -0.4 is 5.32 Å². The second kappa shape index (κ2) is 12.7.